The number of hydrogen-bond donors (Lipinski definition) is 1. The second kappa shape index (κ2) is 12.7. The van der Waals surface area contributed by atoms with E-state index in [1.807, 2.05) is 72.7 Å². The van der Waals surface area contributed by atoms with Gasteiger partial charge >= 0.3 is 0 Å². The number of fused-ring (bicyclic) bond motifs is 1. The number of piperidine rings is 1. The van der Waals surface area contributed by atoms with Crippen molar-refractivity contribution in [3.63, 3.8) is 0 Å². The van der Waals surface area contributed by atoms with Crippen molar-refractivity contribution in [2.45, 2.75) is 37.3 Å². The Balaban J connectivity index is 1.14. The molecule has 42 heavy (non-hydrogen) atoms. The van der Waals surface area contributed by atoms with Crippen LogP contribution >= 0.6 is 0 Å². The van der Waals surface area contributed by atoms with E-state index in [2.05, 4.69) is 65.6 Å². The van der Waals surface area contributed by atoms with Crippen LogP contribution in [0.15, 0.2) is 121 Å². The molecule has 4 aromatic carbocycles. The Morgan fingerprint density at radius 1 is 0.786 bits per heavy atom. The maximum atomic E-state index is 14.2. The Morgan fingerprint density at radius 2 is 1.31 bits per heavy atom. The van der Waals surface area contributed by atoms with E-state index >= 15 is 0 Å². The minimum absolute atomic E-state index is 0.00322. The van der Waals surface area contributed by atoms with E-state index < -0.39 is 6.04 Å². The summed E-state index contributed by atoms with van der Waals surface area (Å²) < 4.78 is 1.74. The SMILES string of the molecule is CN(C(=O)C(c1ccccc1)n1cc2ccccc2c1O)C1CCN(CCC(c2ccccc2)c2ccccc2)CC1. The number of carbonyl (C=O) groups excluding carboxylic acids is 1. The van der Waals surface area contributed by atoms with Crippen LogP contribution in [-0.4, -0.2) is 58.1 Å². The second-order valence-electron chi connectivity index (χ2n) is 11.4. The van der Waals surface area contributed by atoms with Crippen molar-refractivity contribution in [2.24, 2.45) is 0 Å². The number of aromatic hydroxyl groups is 1. The molecule has 1 saturated heterocycles. The molecule has 0 radical (unpaired) electrons. The third-order valence-electron chi connectivity index (χ3n) is 8.94. The number of likely N-dealkylation sites (N-methyl/N-ethyl adjacent to an activating group) is 1. The zero-order valence-corrected chi connectivity index (χ0v) is 24.2. The van der Waals surface area contributed by atoms with Crippen molar-refractivity contribution in [2.75, 3.05) is 26.7 Å². The number of aromatic nitrogens is 1. The largest absolute Gasteiger partial charge is 0.494 e. The van der Waals surface area contributed by atoms with Crippen molar-refractivity contribution in [1.82, 2.24) is 14.4 Å². The lowest BCUT2D eigenvalue weighted by Crippen LogP contribution is -2.47. The normalized spacial score (nSPS) is 15.2. The summed E-state index contributed by atoms with van der Waals surface area (Å²) in [5, 5.41) is 12.8. The standard InChI is InChI=1S/C37H39N3O2/c1-38(37(42)35(30-17-9-4-10-18-30)40-27-31-19-11-12-20-34(31)36(40)41)32-21-24-39(25-22-32)26-23-33(28-13-5-2-6-14-28)29-15-7-3-8-16-29/h2-20,27,32-33,35,41H,21-26H2,1H3. The van der Waals surface area contributed by atoms with Gasteiger partial charge in [0.15, 0.2) is 5.88 Å². The molecular weight excluding hydrogens is 518 g/mol. The Hall–Kier alpha value is -4.35. The fourth-order valence-electron chi connectivity index (χ4n) is 6.53. The molecule has 0 saturated carbocycles. The van der Waals surface area contributed by atoms with Gasteiger partial charge in [0, 0.05) is 49.1 Å². The van der Waals surface area contributed by atoms with Crippen LogP contribution in [-0.2, 0) is 4.79 Å². The zero-order valence-electron chi connectivity index (χ0n) is 24.2. The molecule has 6 rings (SSSR count). The van der Waals surface area contributed by atoms with Crippen molar-refractivity contribution < 1.29 is 9.90 Å². The summed E-state index contributed by atoms with van der Waals surface area (Å²) in [4.78, 5) is 18.6. The highest BCUT2D eigenvalue weighted by Crippen LogP contribution is 2.34. The molecule has 0 spiro atoms. The smallest absolute Gasteiger partial charge is 0.250 e. The number of hydrogen-bond acceptors (Lipinski definition) is 3. The molecule has 5 aromatic rings. The molecule has 5 nitrogen and oxygen atoms in total. The third-order valence-corrected chi connectivity index (χ3v) is 8.94. The first kappa shape index (κ1) is 27.8. The second-order valence-corrected chi connectivity index (χ2v) is 11.4. The topological polar surface area (TPSA) is 48.7 Å². The van der Waals surface area contributed by atoms with Gasteiger partial charge in [-0.15, -0.1) is 0 Å². The molecule has 0 bridgehead atoms. The highest BCUT2D eigenvalue weighted by molar-refractivity contribution is 5.90. The van der Waals surface area contributed by atoms with Gasteiger partial charge in [0.2, 0.25) is 5.91 Å². The fourth-order valence-corrected chi connectivity index (χ4v) is 6.53. The Morgan fingerprint density at radius 3 is 1.88 bits per heavy atom. The van der Waals surface area contributed by atoms with Crippen LogP contribution in [0.1, 0.15) is 47.9 Å². The Labute approximate surface area is 248 Å². The van der Waals surface area contributed by atoms with Crippen LogP contribution in [0, 0.1) is 0 Å². The Bertz CT molecular complexity index is 1550. The molecule has 1 N–H and O–H groups in total. The predicted molar refractivity (Wildman–Crippen MR) is 170 cm³/mol. The molecule has 214 valence electrons. The number of rotatable bonds is 9. The van der Waals surface area contributed by atoms with Gasteiger partial charge in [0.25, 0.3) is 0 Å². The van der Waals surface area contributed by atoms with Gasteiger partial charge in [0.1, 0.15) is 6.04 Å². The van der Waals surface area contributed by atoms with E-state index in [1.54, 1.807) is 4.57 Å². The summed E-state index contributed by atoms with van der Waals surface area (Å²) in [6.45, 7) is 2.95. The predicted octanol–water partition coefficient (Wildman–Crippen LogP) is 7.08. The lowest BCUT2D eigenvalue weighted by atomic mass is 9.88. The molecule has 0 aliphatic carbocycles. The molecule has 1 aliphatic rings. The summed E-state index contributed by atoms with van der Waals surface area (Å²) in [6.07, 6.45) is 4.83. The number of amides is 1. The molecule has 1 unspecified atom stereocenters. The molecule has 5 heteroatoms. The number of benzene rings is 4. The minimum atomic E-state index is -0.626. The third kappa shape index (κ3) is 5.83. The van der Waals surface area contributed by atoms with Gasteiger partial charge in [-0.05, 0) is 48.6 Å². The van der Waals surface area contributed by atoms with Gasteiger partial charge in [-0.2, -0.15) is 0 Å². The average Bonchev–Trinajstić information content (AvgIpc) is 3.38. The van der Waals surface area contributed by atoms with Gasteiger partial charge < -0.3 is 19.5 Å². The monoisotopic (exact) mass is 557 g/mol. The van der Waals surface area contributed by atoms with Crippen molar-refractivity contribution in [1.29, 1.82) is 0 Å². The van der Waals surface area contributed by atoms with Crippen LogP contribution in [0.2, 0.25) is 0 Å². The van der Waals surface area contributed by atoms with Crippen molar-refractivity contribution in [3.05, 3.63) is 138 Å². The minimum Gasteiger partial charge on any atom is -0.494 e. The molecule has 1 atom stereocenters. The first-order chi connectivity index (χ1) is 20.6. The fraction of sp³-hybridized carbons (Fsp3) is 0.270. The summed E-state index contributed by atoms with van der Waals surface area (Å²) in [7, 11) is 1.93. The lowest BCUT2D eigenvalue weighted by Gasteiger charge is -2.38. The molecule has 1 aliphatic heterocycles. The van der Waals surface area contributed by atoms with Crippen LogP contribution < -0.4 is 0 Å². The van der Waals surface area contributed by atoms with E-state index in [-0.39, 0.29) is 17.8 Å². The van der Waals surface area contributed by atoms with Gasteiger partial charge in [-0.25, -0.2) is 0 Å². The number of likely N-dealkylation sites (tertiary alicyclic amines) is 1. The first-order valence-corrected chi connectivity index (χ1v) is 15.0. The van der Waals surface area contributed by atoms with Crippen LogP contribution in [0.3, 0.4) is 0 Å². The highest BCUT2D eigenvalue weighted by Gasteiger charge is 2.33. The number of nitrogens with zero attached hydrogens (tertiary/aromatic N) is 3. The number of carbonyl (C=O) groups is 1. The Kier molecular flexibility index (Phi) is 8.38. The lowest BCUT2D eigenvalue weighted by molar-refractivity contribution is -0.135. The summed E-state index contributed by atoms with van der Waals surface area (Å²) >= 11 is 0. The van der Waals surface area contributed by atoms with E-state index in [0.29, 0.717) is 5.92 Å². The van der Waals surface area contributed by atoms with Gasteiger partial charge in [-0.1, -0.05) is 109 Å². The van der Waals surface area contributed by atoms with Crippen LogP contribution in [0.4, 0.5) is 0 Å². The van der Waals surface area contributed by atoms with E-state index in [4.69, 9.17) is 0 Å². The maximum Gasteiger partial charge on any atom is 0.250 e. The highest BCUT2D eigenvalue weighted by atomic mass is 16.3. The van der Waals surface area contributed by atoms with Crippen LogP contribution in [0.25, 0.3) is 10.8 Å². The van der Waals surface area contributed by atoms with E-state index in [1.165, 1.54) is 11.1 Å². The summed E-state index contributed by atoms with van der Waals surface area (Å²) in [6, 6.07) is 38.7. The van der Waals surface area contributed by atoms with E-state index in [9.17, 15) is 9.90 Å². The molecule has 2 heterocycles. The molecule has 1 fully saturated rings. The first-order valence-electron chi connectivity index (χ1n) is 15.0. The summed E-state index contributed by atoms with van der Waals surface area (Å²) in [5.74, 6) is 0.497. The summed E-state index contributed by atoms with van der Waals surface area (Å²) in [5.41, 5.74) is 3.59. The average molecular weight is 558 g/mol. The zero-order chi connectivity index (χ0) is 28.9. The van der Waals surface area contributed by atoms with Crippen LogP contribution in [0.5, 0.6) is 5.88 Å². The molecule has 1 aromatic heterocycles. The van der Waals surface area contributed by atoms with Gasteiger partial charge in [-0.3, -0.25) is 4.79 Å². The molecule has 1 amide bonds. The van der Waals surface area contributed by atoms with E-state index in [0.717, 1.165) is 55.2 Å². The maximum absolute atomic E-state index is 14.2. The van der Waals surface area contributed by atoms with Gasteiger partial charge in [0.05, 0.1) is 0 Å². The molecular formula is C37H39N3O2. The van der Waals surface area contributed by atoms with Crippen molar-refractivity contribution >= 4 is 16.7 Å². The van der Waals surface area contributed by atoms with Crippen molar-refractivity contribution in [3.8, 4) is 5.88 Å². The quantitative estimate of drug-likeness (QED) is 0.211.